The molecule has 2 aromatic carbocycles. The van der Waals surface area contributed by atoms with Crippen molar-refractivity contribution in [1.82, 2.24) is 9.88 Å². The van der Waals surface area contributed by atoms with Gasteiger partial charge in [-0.1, -0.05) is 12.1 Å². The van der Waals surface area contributed by atoms with E-state index in [-0.39, 0.29) is 11.9 Å². The van der Waals surface area contributed by atoms with Crippen LogP contribution in [-0.4, -0.2) is 34.9 Å². The Balaban J connectivity index is 1.33. The molecule has 0 unspecified atom stereocenters. The van der Waals surface area contributed by atoms with Gasteiger partial charge in [-0.2, -0.15) is 0 Å². The molecule has 1 amide bonds. The largest absolute Gasteiger partial charge is 0.380 e. The minimum atomic E-state index is -0.871. The molecule has 0 aliphatic carbocycles. The summed E-state index contributed by atoms with van der Waals surface area (Å²) in [6.07, 6.45) is 2.84. The molecule has 1 saturated heterocycles. The second-order valence-electron chi connectivity index (χ2n) is 7.03. The van der Waals surface area contributed by atoms with Gasteiger partial charge in [0.2, 0.25) is 5.91 Å². The summed E-state index contributed by atoms with van der Waals surface area (Å²) in [5.41, 5.74) is 1.51. The number of hydrogen-bond acceptors (Lipinski definition) is 4. The lowest BCUT2D eigenvalue weighted by Crippen LogP contribution is -2.45. The lowest BCUT2D eigenvalue weighted by atomic mass is 10.0. The molecule has 0 saturated carbocycles. The number of thiazole rings is 1. The van der Waals surface area contributed by atoms with Crippen molar-refractivity contribution in [2.45, 2.75) is 31.7 Å². The number of hydrogen-bond donors (Lipinski definition) is 1. The van der Waals surface area contributed by atoms with E-state index >= 15 is 0 Å². The molecule has 146 valence electrons. The van der Waals surface area contributed by atoms with Gasteiger partial charge in [0.1, 0.15) is 0 Å². The second kappa shape index (κ2) is 8.22. The predicted octanol–water partition coefficient (Wildman–Crippen LogP) is 4.61. The third-order valence-corrected chi connectivity index (χ3v) is 6.05. The number of aryl methyl sites for hydroxylation is 1. The quantitative estimate of drug-likeness (QED) is 0.679. The zero-order valence-corrected chi connectivity index (χ0v) is 16.1. The van der Waals surface area contributed by atoms with E-state index < -0.39 is 11.6 Å². The van der Waals surface area contributed by atoms with Crippen LogP contribution in [0.25, 0.3) is 10.2 Å². The van der Waals surface area contributed by atoms with Crippen LogP contribution in [0.2, 0.25) is 0 Å². The van der Waals surface area contributed by atoms with Crippen LogP contribution in [0.15, 0.2) is 42.5 Å². The molecule has 1 fully saturated rings. The van der Waals surface area contributed by atoms with E-state index in [9.17, 15) is 13.6 Å². The Morgan fingerprint density at radius 3 is 2.89 bits per heavy atom. The summed E-state index contributed by atoms with van der Waals surface area (Å²) in [6, 6.07) is 11.8. The van der Waals surface area contributed by atoms with Crippen molar-refractivity contribution in [1.29, 1.82) is 0 Å². The maximum Gasteiger partial charge on any atom is 0.223 e. The minimum Gasteiger partial charge on any atom is -0.380 e. The summed E-state index contributed by atoms with van der Waals surface area (Å²) in [5, 5.41) is 4.19. The molecule has 1 aliphatic rings. The van der Waals surface area contributed by atoms with Crippen LogP contribution in [-0.2, 0) is 11.2 Å². The SMILES string of the molecule is O=C(CCc1nc2ccccc2s1)N1CCC[C@@H](Nc2ccc(F)c(F)c2)C1. The number of aromatic nitrogens is 1. The molecule has 1 aliphatic heterocycles. The normalized spacial score (nSPS) is 17.1. The van der Waals surface area contributed by atoms with Crippen LogP contribution < -0.4 is 5.32 Å². The maximum atomic E-state index is 13.4. The molecule has 2 heterocycles. The van der Waals surface area contributed by atoms with Gasteiger partial charge < -0.3 is 10.2 Å². The Morgan fingerprint density at radius 2 is 2.07 bits per heavy atom. The van der Waals surface area contributed by atoms with Gasteiger partial charge in [-0.3, -0.25) is 4.79 Å². The van der Waals surface area contributed by atoms with Crippen LogP contribution in [0.4, 0.5) is 14.5 Å². The highest BCUT2D eigenvalue weighted by Crippen LogP contribution is 2.23. The first-order valence-electron chi connectivity index (χ1n) is 9.42. The highest BCUT2D eigenvalue weighted by Gasteiger charge is 2.24. The number of nitrogens with one attached hydrogen (secondary N) is 1. The molecule has 28 heavy (non-hydrogen) atoms. The van der Waals surface area contributed by atoms with Crippen molar-refractivity contribution in [3.63, 3.8) is 0 Å². The molecule has 1 atom stereocenters. The van der Waals surface area contributed by atoms with Gasteiger partial charge in [0.05, 0.1) is 15.2 Å². The summed E-state index contributed by atoms with van der Waals surface area (Å²) in [4.78, 5) is 19.1. The number of amides is 1. The third-order valence-electron chi connectivity index (χ3n) is 4.96. The van der Waals surface area contributed by atoms with Gasteiger partial charge in [0.25, 0.3) is 0 Å². The molecular weight excluding hydrogens is 380 g/mol. The van der Waals surface area contributed by atoms with E-state index in [0.29, 0.717) is 25.1 Å². The molecule has 4 rings (SSSR count). The fourth-order valence-electron chi connectivity index (χ4n) is 3.54. The van der Waals surface area contributed by atoms with E-state index in [2.05, 4.69) is 10.3 Å². The smallest absolute Gasteiger partial charge is 0.223 e. The lowest BCUT2D eigenvalue weighted by Gasteiger charge is -2.33. The second-order valence-corrected chi connectivity index (χ2v) is 8.14. The van der Waals surface area contributed by atoms with Gasteiger partial charge in [-0.15, -0.1) is 11.3 Å². The molecule has 0 spiro atoms. The van der Waals surface area contributed by atoms with E-state index in [1.54, 1.807) is 11.3 Å². The topological polar surface area (TPSA) is 45.2 Å². The van der Waals surface area contributed by atoms with Crippen molar-refractivity contribution >= 4 is 33.1 Å². The molecule has 7 heteroatoms. The van der Waals surface area contributed by atoms with Crippen LogP contribution in [0, 0.1) is 11.6 Å². The molecular formula is C21H21F2N3OS. The fraction of sp³-hybridized carbons (Fsp3) is 0.333. The first-order chi connectivity index (χ1) is 13.6. The zero-order valence-electron chi connectivity index (χ0n) is 15.3. The first-order valence-corrected chi connectivity index (χ1v) is 10.2. The van der Waals surface area contributed by atoms with E-state index in [4.69, 9.17) is 0 Å². The van der Waals surface area contributed by atoms with E-state index in [0.717, 1.165) is 46.7 Å². The number of carbonyl (C=O) groups excluding carboxylic acids is 1. The van der Waals surface area contributed by atoms with E-state index in [1.807, 2.05) is 29.2 Å². The van der Waals surface area contributed by atoms with Crippen molar-refractivity contribution < 1.29 is 13.6 Å². The molecule has 4 nitrogen and oxygen atoms in total. The molecule has 3 aromatic rings. The number of fused-ring (bicyclic) bond motifs is 1. The molecule has 1 N–H and O–H groups in total. The number of carbonyl (C=O) groups is 1. The Kier molecular flexibility index (Phi) is 5.52. The standard InChI is InChI=1S/C21H21F2N3OS/c22-16-8-7-14(12-17(16)23)24-15-4-3-11-26(13-15)21(27)10-9-20-25-18-5-1-2-6-19(18)28-20/h1-2,5-8,12,15,24H,3-4,9-11,13H2/t15-/m1/s1. The number of rotatable bonds is 5. The number of piperidine rings is 1. The number of para-hydroxylation sites is 1. The minimum absolute atomic E-state index is 0.0324. The number of benzene rings is 2. The first kappa shape index (κ1) is 18.8. The van der Waals surface area contributed by atoms with Gasteiger partial charge in [0.15, 0.2) is 11.6 Å². The summed E-state index contributed by atoms with van der Waals surface area (Å²) in [5.74, 6) is -1.62. The Morgan fingerprint density at radius 1 is 1.21 bits per heavy atom. The number of likely N-dealkylation sites (tertiary alicyclic amines) is 1. The third kappa shape index (κ3) is 4.30. The van der Waals surface area contributed by atoms with Gasteiger partial charge >= 0.3 is 0 Å². The predicted molar refractivity (Wildman–Crippen MR) is 108 cm³/mol. The molecule has 1 aromatic heterocycles. The molecule has 0 radical (unpaired) electrons. The fourth-order valence-corrected chi connectivity index (χ4v) is 4.51. The average molecular weight is 401 g/mol. The number of halogens is 2. The highest BCUT2D eigenvalue weighted by atomic mass is 32.1. The van der Waals surface area contributed by atoms with Crippen molar-refractivity contribution in [2.75, 3.05) is 18.4 Å². The van der Waals surface area contributed by atoms with Gasteiger partial charge in [0, 0.05) is 43.7 Å². The average Bonchev–Trinajstić information content (AvgIpc) is 3.12. The maximum absolute atomic E-state index is 13.4. The Labute approximate surface area is 166 Å². The van der Waals surface area contributed by atoms with Crippen molar-refractivity contribution in [3.05, 3.63) is 59.1 Å². The van der Waals surface area contributed by atoms with Crippen LogP contribution >= 0.6 is 11.3 Å². The van der Waals surface area contributed by atoms with Crippen LogP contribution in [0.5, 0.6) is 0 Å². The van der Waals surface area contributed by atoms with Gasteiger partial charge in [-0.05, 0) is 37.1 Å². The van der Waals surface area contributed by atoms with E-state index in [1.165, 1.54) is 6.07 Å². The summed E-state index contributed by atoms with van der Waals surface area (Å²) in [7, 11) is 0. The zero-order chi connectivity index (χ0) is 19.5. The summed E-state index contributed by atoms with van der Waals surface area (Å²) in [6.45, 7) is 1.30. The van der Waals surface area contributed by atoms with Crippen molar-refractivity contribution in [3.8, 4) is 0 Å². The van der Waals surface area contributed by atoms with Crippen LogP contribution in [0.1, 0.15) is 24.3 Å². The molecule has 0 bridgehead atoms. The monoisotopic (exact) mass is 401 g/mol. The summed E-state index contributed by atoms with van der Waals surface area (Å²) < 4.78 is 27.6. The highest BCUT2D eigenvalue weighted by molar-refractivity contribution is 7.18. The Hall–Kier alpha value is -2.54. The van der Waals surface area contributed by atoms with Gasteiger partial charge in [-0.25, -0.2) is 13.8 Å². The lowest BCUT2D eigenvalue weighted by molar-refractivity contribution is -0.132. The van der Waals surface area contributed by atoms with Crippen LogP contribution in [0.3, 0.4) is 0 Å². The number of nitrogens with zero attached hydrogens (tertiary/aromatic N) is 2. The summed E-state index contributed by atoms with van der Waals surface area (Å²) >= 11 is 1.63. The number of anilines is 1. The van der Waals surface area contributed by atoms with Crippen molar-refractivity contribution in [2.24, 2.45) is 0 Å². The Bertz CT molecular complexity index is 958.